The van der Waals surface area contributed by atoms with Crippen LogP contribution in [0.2, 0.25) is 4.47 Å². The van der Waals surface area contributed by atoms with Crippen molar-refractivity contribution in [1.29, 1.82) is 0 Å². The number of aryl methyl sites for hydroxylation is 1. The van der Waals surface area contributed by atoms with Crippen LogP contribution in [0.4, 0.5) is 0 Å². The first-order chi connectivity index (χ1) is 8.73. The minimum absolute atomic E-state index is 0.000146. The van der Waals surface area contributed by atoms with E-state index in [0.29, 0.717) is 0 Å². The lowest BCUT2D eigenvalue weighted by Crippen LogP contribution is -2.43. The number of nitrogens with two attached hydrogens (primary N) is 1. The molecule has 1 amide bonds. The molecule has 106 valence electrons. The maximum atomic E-state index is 12.4. The number of aliphatic hydroxyl groups excluding tert-OH is 1. The van der Waals surface area contributed by atoms with Crippen molar-refractivity contribution in [2.75, 3.05) is 6.54 Å². The standard InChI is InChI=1S/C9H12ClN3O4S2/c1-4-8(18-9(10)12-4)19(16,17)13-3-5(14)2-6(13)7(11)15/h5-6,14H,2-3H2,1H3,(H2,11,15). The summed E-state index contributed by atoms with van der Waals surface area (Å²) in [6, 6.07) is -1.04. The normalized spacial score (nSPS) is 24.8. The first kappa shape index (κ1) is 14.7. The molecule has 0 bridgehead atoms. The highest BCUT2D eigenvalue weighted by Gasteiger charge is 2.43. The molecular formula is C9H12ClN3O4S2. The Morgan fingerprint density at radius 1 is 1.63 bits per heavy atom. The number of thiazole rings is 1. The van der Waals surface area contributed by atoms with Gasteiger partial charge in [-0.15, -0.1) is 0 Å². The number of rotatable bonds is 3. The molecule has 19 heavy (non-hydrogen) atoms. The van der Waals surface area contributed by atoms with Gasteiger partial charge in [0.25, 0.3) is 10.0 Å². The fraction of sp³-hybridized carbons (Fsp3) is 0.556. The van der Waals surface area contributed by atoms with Gasteiger partial charge >= 0.3 is 0 Å². The third kappa shape index (κ3) is 2.61. The third-order valence-electron chi connectivity index (χ3n) is 2.83. The minimum Gasteiger partial charge on any atom is -0.392 e. The predicted molar refractivity (Wildman–Crippen MR) is 69.4 cm³/mol. The van der Waals surface area contributed by atoms with Crippen molar-refractivity contribution in [2.45, 2.75) is 29.7 Å². The quantitative estimate of drug-likeness (QED) is 0.793. The highest BCUT2D eigenvalue weighted by atomic mass is 35.5. The van der Waals surface area contributed by atoms with Crippen LogP contribution in [0.15, 0.2) is 4.21 Å². The van der Waals surface area contributed by atoms with Gasteiger partial charge in [-0.25, -0.2) is 13.4 Å². The third-order valence-corrected chi connectivity index (χ3v) is 6.56. The van der Waals surface area contributed by atoms with Gasteiger partial charge in [-0.3, -0.25) is 4.79 Å². The Kier molecular flexibility index (Phi) is 3.85. The molecule has 1 aromatic rings. The van der Waals surface area contributed by atoms with E-state index in [9.17, 15) is 18.3 Å². The zero-order valence-corrected chi connectivity index (χ0v) is 12.3. The highest BCUT2D eigenvalue weighted by Crippen LogP contribution is 2.33. The maximum Gasteiger partial charge on any atom is 0.255 e. The molecule has 0 aromatic carbocycles. The van der Waals surface area contributed by atoms with Gasteiger partial charge in [0.15, 0.2) is 8.68 Å². The molecule has 7 nitrogen and oxygen atoms in total. The smallest absolute Gasteiger partial charge is 0.255 e. The summed E-state index contributed by atoms with van der Waals surface area (Å²) in [5.74, 6) is -0.784. The Morgan fingerprint density at radius 2 is 2.26 bits per heavy atom. The van der Waals surface area contributed by atoms with Crippen LogP contribution >= 0.6 is 22.9 Å². The van der Waals surface area contributed by atoms with Gasteiger partial charge in [-0.2, -0.15) is 4.31 Å². The molecule has 1 aliphatic rings. The number of halogens is 1. The van der Waals surface area contributed by atoms with E-state index in [1.807, 2.05) is 0 Å². The predicted octanol–water partition coefficient (Wildman–Crippen LogP) is -0.286. The molecule has 2 heterocycles. The summed E-state index contributed by atoms with van der Waals surface area (Å²) in [5, 5.41) is 9.55. The second-order valence-corrected chi connectivity index (χ2v) is 7.89. The molecule has 2 atom stereocenters. The van der Waals surface area contributed by atoms with Gasteiger partial charge < -0.3 is 10.8 Å². The minimum atomic E-state index is -3.93. The Hall–Kier alpha value is -0.740. The topological polar surface area (TPSA) is 114 Å². The zero-order valence-electron chi connectivity index (χ0n) is 9.91. The summed E-state index contributed by atoms with van der Waals surface area (Å²) in [7, 11) is -3.93. The van der Waals surface area contributed by atoms with Crippen LogP contribution < -0.4 is 5.73 Å². The maximum absolute atomic E-state index is 12.4. The van der Waals surface area contributed by atoms with Gasteiger partial charge in [-0.1, -0.05) is 22.9 Å². The van der Waals surface area contributed by atoms with Crippen LogP contribution in [0.25, 0.3) is 0 Å². The molecule has 1 aromatic heterocycles. The summed E-state index contributed by atoms with van der Waals surface area (Å²) >= 11 is 6.50. The van der Waals surface area contributed by atoms with E-state index >= 15 is 0 Å². The van der Waals surface area contributed by atoms with Crippen molar-refractivity contribution in [3.8, 4) is 0 Å². The first-order valence-electron chi connectivity index (χ1n) is 5.35. The molecule has 2 rings (SSSR count). The average molecular weight is 326 g/mol. The van der Waals surface area contributed by atoms with Crippen molar-refractivity contribution in [3.05, 3.63) is 10.2 Å². The molecule has 3 N–H and O–H groups in total. The van der Waals surface area contributed by atoms with Crippen LogP contribution in [0.1, 0.15) is 12.1 Å². The molecule has 0 aliphatic carbocycles. The van der Waals surface area contributed by atoms with Gasteiger partial charge in [0, 0.05) is 13.0 Å². The van der Waals surface area contributed by atoms with Crippen molar-refractivity contribution in [2.24, 2.45) is 5.73 Å². The van der Waals surface area contributed by atoms with E-state index in [-0.39, 0.29) is 27.3 Å². The van der Waals surface area contributed by atoms with Crippen LogP contribution in [-0.4, -0.2) is 47.4 Å². The molecule has 1 fully saturated rings. The fourth-order valence-electron chi connectivity index (χ4n) is 2.00. The largest absolute Gasteiger partial charge is 0.392 e. The first-order valence-corrected chi connectivity index (χ1v) is 7.99. The van der Waals surface area contributed by atoms with E-state index < -0.39 is 28.1 Å². The highest BCUT2D eigenvalue weighted by molar-refractivity contribution is 7.91. The number of amides is 1. The van der Waals surface area contributed by atoms with Crippen molar-refractivity contribution in [1.82, 2.24) is 9.29 Å². The van der Waals surface area contributed by atoms with Crippen molar-refractivity contribution in [3.63, 3.8) is 0 Å². The lowest BCUT2D eigenvalue weighted by atomic mass is 10.2. The number of aliphatic hydroxyl groups is 1. The molecular weight excluding hydrogens is 314 g/mol. The number of hydrogen-bond donors (Lipinski definition) is 2. The Bertz CT molecular complexity index is 615. The van der Waals surface area contributed by atoms with Gasteiger partial charge in [-0.05, 0) is 6.92 Å². The summed E-state index contributed by atoms with van der Waals surface area (Å²) in [5.41, 5.74) is 5.44. The van der Waals surface area contributed by atoms with E-state index in [4.69, 9.17) is 17.3 Å². The number of carbonyl (C=O) groups is 1. The van der Waals surface area contributed by atoms with Gasteiger partial charge in [0.2, 0.25) is 5.91 Å². The summed E-state index contributed by atoms with van der Waals surface area (Å²) in [6.45, 7) is 1.35. The monoisotopic (exact) mass is 325 g/mol. The molecule has 0 radical (unpaired) electrons. The Labute approximate surface area is 119 Å². The molecule has 1 aliphatic heterocycles. The van der Waals surface area contributed by atoms with Crippen molar-refractivity contribution >= 4 is 38.9 Å². The fourth-order valence-corrected chi connectivity index (χ4v) is 5.50. The molecule has 1 saturated heterocycles. The molecule has 2 unspecified atom stereocenters. The zero-order chi connectivity index (χ0) is 14.4. The van der Waals surface area contributed by atoms with E-state index in [2.05, 4.69) is 4.98 Å². The molecule has 0 saturated carbocycles. The van der Waals surface area contributed by atoms with Crippen LogP contribution in [0.5, 0.6) is 0 Å². The summed E-state index contributed by atoms with van der Waals surface area (Å²) in [4.78, 5) is 15.1. The number of carbonyl (C=O) groups excluding carboxylic acids is 1. The van der Waals surface area contributed by atoms with Crippen LogP contribution in [0.3, 0.4) is 0 Å². The number of β-amino-alcohol motifs (C(OH)–C–C–N with tert-alkyl or cyclic N) is 1. The van der Waals surface area contributed by atoms with E-state index in [1.54, 1.807) is 0 Å². The van der Waals surface area contributed by atoms with Crippen LogP contribution in [-0.2, 0) is 14.8 Å². The summed E-state index contributed by atoms with van der Waals surface area (Å²) < 4.78 is 25.9. The Morgan fingerprint density at radius 3 is 2.74 bits per heavy atom. The molecule has 0 spiro atoms. The Balaban J connectivity index is 2.44. The van der Waals surface area contributed by atoms with Crippen molar-refractivity contribution < 1.29 is 18.3 Å². The lowest BCUT2D eigenvalue weighted by Gasteiger charge is -2.20. The second kappa shape index (κ2) is 4.98. The van der Waals surface area contributed by atoms with E-state index in [1.165, 1.54) is 6.92 Å². The number of nitrogens with zero attached hydrogens (tertiary/aromatic N) is 2. The van der Waals surface area contributed by atoms with E-state index in [0.717, 1.165) is 15.6 Å². The number of sulfonamides is 1. The average Bonchev–Trinajstić information content (AvgIpc) is 2.82. The SMILES string of the molecule is Cc1nc(Cl)sc1S(=O)(=O)N1CC(O)CC1C(N)=O. The van der Waals surface area contributed by atoms with Gasteiger partial charge in [0.1, 0.15) is 6.04 Å². The van der Waals surface area contributed by atoms with Crippen LogP contribution in [0, 0.1) is 6.92 Å². The summed E-state index contributed by atoms with van der Waals surface area (Å²) in [6.07, 6.45) is -0.906. The number of hydrogen-bond acceptors (Lipinski definition) is 6. The van der Waals surface area contributed by atoms with Gasteiger partial charge in [0.05, 0.1) is 11.8 Å². The second-order valence-electron chi connectivity index (χ2n) is 4.22. The number of primary amides is 1. The lowest BCUT2D eigenvalue weighted by molar-refractivity contribution is -0.121. The molecule has 10 heteroatoms. The number of aromatic nitrogens is 1.